The number of aromatic nitrogens is 1. The molecule has 0 spiro atoms. The van der Waals surface area contributed by atoms with Crippen molar-refractivity contribution in [2.45, 2.75) is 38.0 Å². The fourth-order valence-electron chi connectivity index (χ4n) is 4.14. The fraction of sp³-hybridized carbons (Fsp3) is 0.500. The third-order valence-corrected chi connectivity index (χ3v) is 5.48. The monoisotopic (exact) mass is 356 g/mol. The van der Waals surface area contributed by atoms with Gasteiger partial charge in [-0.1, -0.05) is 6.07 Å². The van der Waals surface area contributed by atoms with Crippen molar-refractivity contribution >= 4 is 22.5 Å². The lowest BCUT2D eigenvalue weighted by Gasteiger charge is -2.24. The maximum atomic E-state index is 13.5. The van der Waals surface area contributed by atoms with E-state index in [-0.39, 0.29) is 18.5 Å². The molecule has 0 aliphatic carbocycles. The summed E-state index contributed by atoms with van der Waals surface area (Å²) in [5.74, 6) is 0.0488. The first-order valence-corrected chi connectivity index (χ1v) is 9.36. The Morgan fingerprint density at radius 2 is 2.19 bits per heavy atom. The number of amides is 1. The molecule has 0 unspecified atom stereocenters. The standard InChI is InChI=1S/C20H25FN4O/c1-14-10-15(21)11-25(14)20(26)13-24-9-7-16(12-24)23-19-6-2-5-18-17(19)4-3-8-22-18/h2-6,8,14-16,23H,7,9-13H2,1H3/t14-,15+,16+/m1/s1. The molecule has 0 bridgehead atoms. The van der Waals surface area contributed by atoms with Crippen LogP contribution in [0.1, 0.15) is 19.8 Å². The molecule has 1 aromatic carbocycles. The molecule has 6 heteroatoms. The van der Waals surface area contributed by atoms with Crippen molar-refractivity contribution in [3.05, 3.63) is 36.5 Å². The molecule has 1 amide bonds. The zero-order chi connectivity index (χ0) is 18.1. The van der Waals surface area contributed by atoms with Crippen LogP contribution in [0.15, 0.2) is 36.5 Å². The number of hydrogen-bond acceptors (Lipinski definition) is 4. The number of fused-ring (bicyclic) bond motifs is 1. The number of benzene rings is 1. The number of halogens is 1. The Kier molecular flexibility index (Phi) is 4.76. The van der Waals surface area contributed by atoms with Crippen molar-refractivity contribution in [3.8, 4) is 0 Å². The molecule has 0 saturated carbocycles. The van der Waals surface area contributed by atoms with E-state index < -0.39 is 6.17 Å². The molecule has 1 N–H and O–H groups in total. The van der Waals surface area contributed by atoms with Gasteiger partial charge in [-0.05, 0) is 37.6 Å². The first-order valence-electron chi connectivity index (χ1n) is 9.36. The van der Waals surface area contributed by atoms with Gasteiger partial charge in [0, 0.05) is 48.9 Å². The maximum Gasteiger partial charge on any atom is 0.237 e. The minimum Gasteiger partial charge on any atom is -0.380 e. The lowest BCUT2D eigenvalue weighted by molar-refractivity contribution is -0.132. The van der Waals surface area contributed by atoms with Crippen LogP contribution in [0, 0.1) is 0 Å². The summed E-state index contributed by atoms with van der Waals surface area (Å²) in [6.45, 7) is 4.27. The smallest absolute Gasteiger partial charge is 0.237 e. The lowest BCUT2D eigenvalue weighted by atomic mass is 10.1. The molecule has 3 atom stereocenters. The van der Waals surface area contributed by atoms with Crippen LogP contribution in [0.2, 0.25) is 0 Å². The zero-order valence-corrected chi connectivity index (χ0v) is 15.1. The van der Waals surface area contributed by atoms with Crippen molar-refractivity contribution in [2.75, 3.05) is 31.5 Å². The second-order valence-electron chi connectivity index (χ2n) is 7.47. The van der Waals surface area contributed by atoms with E-state index in [1.165, 1.54) is 0 Å². The third-order valence-electron chi connectivity index (χ3n) is 5.48. The average Bonchev–Trinajstić information content (AvgIpc) is 3.21. The number of pyridine rings is 1. The van der Waals surface area contributed by atoms with Crippen LogP contribution in [0.5, 0.6) is 0 Å². The van der Waals surface area contributed by atoms with Gasteiger partial charge in [-0.3, -0.25) is 14.7 Å². The fourth-order valence-corrected chi connectivity index (χ4v) is 4.14. The molecule has 2 aliphatic heterocycles. The summed E-state index contributed by atoms with van der Waals surface area (Å²) < 4.78 is 13.5. The summed E-state index contributed by atoms with van der Waals surface area (Å²) in [4.78, 5) is 20.7. The van der Waals surface area contributed by atoms with Crippen LogP contribution in [-0.2, 0) is 4.79 Å². The van der Waals surface area contributed by atoms with Gasteiger partial charge in [-0.2, -0.15) is 0 Å². The predicted octanol–water partition coefficient (Wildman–Crippen LogP) is 2.68. The Bertz CT molecular complexity index is 793. The Labute approximate surface area is 153 Å². The molecule has 2 saturated heterocycles. The van der Waals surface area contributed by atoms with Crippen molar-refractivity contribution in [1.29, 1.82) is 0 Å². The number of carbonyl (C=O) groups is 1. The van der Waals surface area contributed by atoms with Crippen molar-refractivity contribution in [1.82, 2.24) is 14.8 Å². The topological polar surface area (TPSA) is 48.5 Å². The number of alkyl halides is 1. The number of hydrogen-bond donors (Lipinski definition) is 1. The Balaban J connectivity index is 1.36. The summed E-state index contributed by atoms with van der Waals surface area (Å²) in [5.41, 5.74) is 2.06. The van der Waals surface area contributed by atoms with Gasteiger partial charge in [-0.15, -0.1) is 0 Å². The maximum absolute atomic E-state index is 13.5. The average molecular weight is 356 g/mol. The van der Waals surface area contributed by atoms with Crippen LogP contribution in [0.3, 0.4) is 0 Å². The number of anilines is 1. The molecule has 1 aromatic heterocycles. The van der Waals surface area contributed by atoms with Crippen molar-refractivity contribution in [2.24, 2.45) is 0 Å². The summed E-state index contributed by atoms with van der Waals surface area (Å²) >= 11 is 0. The minimum absolute atomic E-state index is 0.0113. The summed E-state index contributed by atoms with van der Waals surface area (Å²) in [6.07, 6.45) is 2.38. The molecule has 3 heterocycles. The summed E-state index contributed by atoms with van der Waals surface area (Å²) in [6, 6.07) is 10.4. The first kappa shape index (κ1) is 17.2. The van der Waals surface area contributed by atoms with Gasteiger partial charge < -0.3 is 10.2 Å². The van der Waals surface area contributed by atoms with E-state index in [9.17, 15) is 9.18 Å². The van der Waals surface area contributed by atoms with Crippen LogP contribution in [0.4, 0.5) is 10.1 Å². The molecular formula is C20H25FN4O. The van der Waals surface area contributed by atoms with Gasteiger partial charge in [0.2, 0.25) is 5.91 Å². The van der Waals surface area contributed by atoms with E-state index in [2.05, 4.69) is 27.3 Å². The van der Waals surface area contributed by atoms with E-state index in [1.807, 2.05) is 25.1 Å². The summed E-state index contributed by atoms with van der Waals surface area (Å²) in [5, 5.41) is 4.72. The number of nitrogens with zero attached hydrogens (tertiary/aromatic N) is 3. The van der Waals surface area contributed by atoms with Crippen molar-refractivity contribution < 1.29 is 9.18 Å². The normalized spacial score (nSPS) is 26.5. The highest BCUT2D eigenvalue weighted by Crippen LogP contribution is 2.25. The van der Waals surface area contributed by atoms with Gasteiger partial charge >= 0.3 is 0 Å². The van der Waals surface area contributed by atoms with Gasteiger partial charge in [0.25, 0.3) is 0 Å². The van der Waals surface area contributed by atoms with Crippen LogP contribution < -0.4 is 5.32 Å². The van der Waals surface area contributed by atoms with E-state index in [1.54, 1.807) is 11.1 Å². The number of nitrogens with one attached hydrogen (secondary N) is 1. The molecule has 138 valence electrons. The highest BCUT2D eigenvalue weighted by Gasteiger charge is 2.34. The number of carbonyl (C=O) groups excluding carboxylic acids is 1. The SMILES string of the molecule is C[C@@H]1C[C@H](F)CN1C(=O)CN1CC[C@H](Nc2cccc3ncccc23)C1. The van der Waals surface area contributed by atoms with Crippen LogP contribution in [0.25, 0.3) is 10.9 Å². The van der Waals surface area contributed by atoms with Gasteiger partial charge in [0.05, 0.1) is 18.6 Å². The second kappa shape index (κ2) is 7.19. The zero-order valence-electron chi connectivity index (χ0n) is 15.1. The van der Waals surface area contributed by atoms with Crippen LogP contribution in [-0.4, -0.2) is 65.1 Å². The molecule has 2 fully saturated rings. The van der Waals surface area contributed by atoms with Gasteiger partial charge in [0.15, 0.2) is 0 Å². The molecule has 0 radical (unpaired) electrons. The Morgan fingerprint density at radius 1 is 1.31 bits per heavy atom. The summed E-state index contributed by atoms with van der Waals surface area (Å²) in [7, 11) is 0. The molecular weight excluding hydrogens is 331 g/mol. The van der Waals surface area contributed by atoms with Gasteiger partial charge in [0.1, 0.15) is 6.17 Å². The van der Waals surface area contributed by atoms with E-state index in [0.717, 1.165) is 36.1 Å². The van der Waals surface area contributed by atoms with E-state index >= 15 is 0 Å². The minimum atomic E-state index is -0.873. The highest BCUT2D eigenvalue weighted by atomic mass is 19.1. The first-order chi connectivity index (χ1) is 12.6. The molecule has 2 aliphatic rings. The number of rotatable bonds is 4. The third kappa shape index (κ3) is 3.51. The molecule has 2 aromatic rings. The number of likely N-dealkylation sites (tertiary alicyclic amines) is 2. The Morgan fingerprint density at radius 3 is 3.00 bits per heavy atom. The van der Waals surface area contributed by atoms with Crippen molar-refractivity contribution in [3.63, 3.8) is 0 Å². The van der Waals surface area contributed by atoms with Crippen LogP contribution >= 0.6 is 0 Å². The molecule has 5 nitrogen and oxygen atoms in total. The highest BCUT2D eigenvalue weighted by molar-refractivity contribution is 5.91. The van der Waals surface area contributed by atoms with Gasteiger partial charge in [-0.25, -0.2) is 4.39 Å². The predicted molar refractivity (Wildman–Crippen MR) is 101 cm³/mol. The Hall–Kier alpha value is -2.21. The van der Waals surface area contributed by atoms with E-state index in [0.29, 0.717) is 19.0 Å². The molecule has 26 heavy (non-hydrogen) atoms. The van der Waals surface area contributed by atoms with E-state index in [4.69, 9.17) is 0 Å². The lowest BCUT2D eigenvalue weighted by Crippen LogP contribution is -2.42. The largest absolute Gasteiger partial charge is 0.380 e. The quantitative estimate of drug-likeness (QED) is 0.915. The molecule has 4 rings (SSSR count). The second-order valence-corrected chi connectivity index (χ2v) is 7.47.